The van der Waals surface area contributed by atoms with Crippen molar-refractivity contribution in [3.8, 4) is 0 Å². The van der Waals surface area contributed by atoms with Gasteiger partial charge in [-0.3, -0.25) is 0 Å². The summed E-state index contributed by atoms with van der Waals surface area (Å²) in [6.07, 6.45) is 3.83. The van der Waals surface area contributed by atoms with Crippen LogP contribution in [0.5, 0.6) is 0 Å². The maximum Gasteiger partial charge on any atom is 0.129 e. The van der Waals surface area contributed by atoms with Crippen molar-refractivity contribution >= 4 is 5.82 Å². The van der Waals surface area contributed by atoms with Crippen LogP contribution in [0.15, 0.2) is 12.1 Å². The Balaban J connectivity index is 2.28. The van der Waals surface area contributed by atoms with Crippen LogP contribution >= 0.6 is 0 Å². The van der Waals surface area contributed by atoms with Gasteiger partial charge < -0.3 is 10.2 Å². The number of hydrogen-bond acceptors (Lipinski definition) is 3. The molecule has 1 atom stereocenters. The van der Waals surface area contributed by atoms with Gasteiger partial charge in [-0.25, -0.2) is 4.98 Å². The van der Waals surface area contributed by atoms with Crippen molar-refractivity contribution < 1.29 is 0 Å². The molecule has 1 unspecified atom stereocenters. The van der Waals surface area contributed by atoms with Gasteiger partial charge in [0.2, 0.25) is 0 Å². The monoisotopic (exact) mass is 275 g/mol. The van der Waals surface area contributed by atoms with Crippen LogP contribution in [0.2, 0.25) is 0 Å². The molecular weight excluding hydrogens is 246 g/mol. The van der Waals surface area contributed by atoms with Crippen molar-refractivity contribution in [2.45, 2.75) is 65.5 Å². The molecule has 0 saturated carbocycles. The Labute approximate surface area is 123 Å². The highest BCUT2D eigenvalue weighted by atomic mass is 15.2. The number of pyridine rings is 1. The van der Waals surface area contributed by atoms with Gasteiger partial charge >= 0.3 is 0 Å². The minimum absolute atomic E-state index is 0.484. The maximum atomic E-state index is 4.92. The van der Waals surface area contributed by atoms with Crippen molar-refractivity contribution in [3.05, 3.63) is 23.4 Å². The Morgan fingerprint density at radius 1 is 1.35 bits per heavy atom. The van der Waals surface area contributed by atoms with Gasteiger partial charge in [-0.05, 0) is 49.4 Å². The molecule has 112 valence electrons. The van der Waals surface area contributed by atoms with Crippen LogP contribution in [-0.4, -0.2) is 24.1 Å². The first kappa shape index (κ1) is 15.3. The van der Waals surface area contributed by atoms with Crippen molar-refractivity contribution in [2.24, 2.45) is 0 Å². The van der Waals surface area contributed by atoms with Crippen molar-refractivity contribution in [3.63, 3.8) is 0 Å². The lowest BCUT2D eigenvalue weighted by Crippen LogP contribution is -2.29. The molecule has 2 heterocycles. The van der Waals surface area contributed by atoms with Crippen LogP contribution in [-0.2, 0) is 6.54 Å². The standard InChI is InChI=1S/C17H29N3/c1-5-15-8-7-9-20(15)17-11-14(12-18-6-2)10-16(19-17)13(3)4/h10-11,13,15,18H,5-9,12H2,1-4H3. The molecule has 1 aromatic heterocycles. The molecule has 1 aliphatic heterocycles. The predicted molar refractivity (Wildman–Crippen MR) is 86.4 cm³/mol. The van der Waals surface area contributed by atoms with E-state index in [-0.39, 0.29) is 0 Å². The summed E-state index contributed by atoms with van der Waals surface area (Å²) in [7, 11) is 0. The minimum Gasteiger partial charge on any atom is -0.354 e. The maximum absolute atomic E-state index is 4.92. The SMILES string of the molecule is CCNCc1cc(C(C)C)nc(N2CCCC2CC)c1. The molecule has 2 rings (SSSR count). The van der Waals surface area contributed by atoms with Crippen molar-refractivity contribution in [1.82, 2.24) is 10.3 Å². The Bertz CT molecular complexity index is 428. The second-order valence-electron chi connectivity index (χ2n) is 6.09. The molecule has 0 aliphatic carbocycles. The molecular formula is C17H29N3. The topological polar surface area (TPSA) is 28.2 Å². The predicted octanol–water partition coefficient (Wildman–Crippen LogP) is 3.69. The quantitative estimate of drug-likeness (QED) is 0.858. The molecule has 0 aromatic carbocycles. The molecule has 20 heavy (non-hydrogen) atoms. The summed E-state index contributed by atoms with van der Waals surface area (Å²) in [5, 5.41) is 3.43. The van der Waals surface area contributed by atoms with E-state index >= 15 is 0 Å². The van der Waals surface area contributed by atoms with Crippen molar-refractivity contribution in [2.75, 3.05) is 18.0 Å². The third kappa shape index (κ3) is 3.51. The third-order valence-corrected chi connectivity index (χ3v) is 4.20. The zero-order valence-corrected chi connectivity index (χ0v) is 13.4. The van der Waals surface area contributed by atoms with E-state index in [4.69, 9.17) is 4.98 Å². The fraction of sp³-hybridized carbons (Fsp3) is 0.706. The first-order valence-electron chi connectivity index (χ1n) is 8.13. The Hall–Kier alpha value is -1.09. The normalized spacial score (nSPS) is 19.1. The molecule has 0 amide bonds. The summed E-state index contributed by atoms with van der Waals surface area (Å²) >= 11 is 0. The third-order valence-electron chi connectivity index (χ3n) is 4.20. The average Bonchev–Trinajstić information content (AvgIpc) is 2.93. The molecule has 1 fully saturated rings. The van der Waals surface area contributed by atoms with Crippen LogP contribution < -0.4 is 10.2 Å². The highest BCUT2D eigenvalue weighted by Gasteiger charge is 2.24. The largest absolute Gasteiger partial charge is 0.354 e. The van der Waals surface area contributed by atoms with Gasteiger partial charge in [0, 0.05) is 24.8 Å². The lowest BCUT2D eigenvalue weighted by Gasteiger charge is -2.26. The van der Waals surface area contributed by atoms with Gasteiger partial charge in [-0.2, -0.15) is 0 Å². The number of nitrogens with zero attached hydrogens (tertiary/aromatic N) is 2. The number of rotatable bonds is 6. The first-order valence-corrected chi connectivity index (χ1v) is 8.13. The average molecular weight is 275 g/mol. The second kappa shape index (κ2) is 7.07. The zero-order valence-electron chi connectivity index (χ0n) is 13.4. The summed E-state index contributed by atoms with van der Waals surface area (Å²) in [5.41, 5.74) is 2.58. The summed E-state index contributed by atoms with van der Waals surface area (Å²) in [6, 6.07) is 5.22. The number of anilines is 1. The fourth-order valence-electron chi connectivity index (χ4n) is 2.97. The Morgan fingerprint density at radius 3 is 2.80 bits per heavy atom. The highest BCUT2D eigenvalue weighted by Crippen LogP contribution is 2.28. The van der Waals surface area contributed by atoms with Crippen LogP contribution in [0.25, 0.3) is 0 Å². The van der Waals surface area contributed by atoms with Crippen LogP contribution in [0.4, 0.5) is 5.82 Å². The molecule has 1 saturated heterocycles. The fourth-order valence-corrected chi connectivity index (χ4v) is 2.97. The molecule has 3 heteroatoms. The summed E-state index contributed by atoms with van der Waals surface area (Å²) < 4.78 is 0. The van der Waals surface area contributed by atoms with E-state index in [1.807, 2.05) is 0 Å². The van der Waals surface area contributed by atoms with Crippen molar-refractivity contribution in [1.29, 1.82) is 0 Å². The van der Waals surface area contributed by atoms with Crippen LogP contribution in [0.1, 0.15) is 64.1 Å². The van der Waals surface area contributed by atoms with Gasteiger partial charge in [-0.15, -0.1) is 0 Å². The second-order valence-corrected chi connectivity index (χ2v) is 6.09. The van der Waals surface area contributed by atoms with E-state index < -0.39 is 0 Å². The summed E-state index contributed by atoms with van der Waals surface area (Å²) in [4.78, 5) is 7.43. The number of nitrogens with one attached hydrogen (secondary N) is 1. The molecule has 1 N–H and O–H groups in total. The van der Waals surface area contributed by atoms with E-state index in [9.17, 15) is 0 Å². The smallest absolute Gasteiger partial charge is 0.129 e. The number of aromatic nitrogens is 1. The van der Waals surface area contributed by atoms with Crippen LogP contribution in [0, 0.1) is 0 Å². The van der Waals surface area contributed by atoms with Gasteiger partial charge in [0.05, 0.1) is 0 Å². The molecule has 0 bridgehead atoms. The number of hydrogen-bond donors (Lipinski definition) is 1. The summed E-state index contributed by atoms with van der Waals surface area (Å²) in [6.45, 7) is 12.0. The molecule has 0 spiro atoms. The lowest BCUT2D eigenvalue weighted by molar-refractivity contribution is 0.637. The van der Waals surface area contributed by atoms with Gasteiger partial charge in [0.1, 0.15) is 5.82 Å². The van der Waals surface area contributed by atoms with E-state index in [1.54, 1.807) is 0 Å². The highest BCUT2D eigenvalue weighted by molar-refractivity contribution is 5.45. The van der Waals surface area contributed by atoms with Crippen LogP contribution in [0.3, 0.4) is 0 Å². The lowest BCUT2D eigenvalue weighted by atomic mass is 10.1. The van der Waals surface area contributed by atoms with E-state index in [1.165, 1.54) is 36.3 Å². The Morgan fingerprint density at radius 2 is 2.15 bits per heavy atom. The molecule has 1 aliphatic rings. The van der Waals surface area contributed by atoms with E-state index in [0.29, 0.717) is 12.0 Å². The minimum atomic E-state index is 0.484. The zero-order chi connectivity index (χ0) is 14.5. The Kier molecular flexibility index (Phi) is 5.41. The molecule has 3 nitrogen and oxygen atoms in total. The van der Waals surface area contributed by atoms with Gasteiger partial charge in [-0.1, -0.05) is 27.7 Å². The first-order chi connectivity index (χ1) is 9.65. The summed E-state index contributed by atoms with van der Waals surface area (Å²) in [5.74, 6) is 1.67. The van der Waals surface area contributed by atoms with E-state index in [2.05, 4.69) is 50.0 Å². The molecule has 0 radical (unpaired) electrons. The molecule has 1 aromatic rings. The van der Waals surface area contributed by atoms with E-state index in [0.717, 1.165) is 19.6 Å². The van der Waals surface area contributed by atoms with Gasteiger partial charge in [0.15, 0.2) is 0 Å². The van der Waals surface area contributed by atoms with Gasteiger partial charge in [0.25, 0.3) is 0 Å².